The van der Waals surface area contributed by atoms with Crippen molar-refractivity contribution in [1.29, 1.82) is 0 Å². The summed E-state index contributed by atoms with van der Waals surface area (Å²) >= 11 is 5.97. The number of anilines is 2. The lowest BCUT2D eigenvalue weighted by Crippen LogP contribution is -2.07. The Kier molecular flexibility index (Phi) is 3.91. The molecule has 0 radical (unpaired) electrons. The van der Waals surface area contributed by atoms with Crippen LogP contribution < -0.4 is 11.1 Å². The van der Waals surface area contributed by atoms with Crippen molar-refractivity contribution in [3.63, 3.8) is 0 Å². The molecule has 1 heterocycles. The first-order valence-electron chi connectivity index (χ1n) is 5.40. The maximum Gasteiger partial charge on any atom is 0.337 e. The van der Waals surface area contributed by atoms with Gasteiger partial charge in [-0.3, -0.25) is 0 Å². The number of nitrogens with one attached hydrogen (secondary N) is 1. The number of carbonyl (C=O) groups is 1. The van der Waals surface area contributed by atoms with Crippen molar-refractivity contribution < 1.29 is 13.9 Å². The highest BCUT2D eigenvalue weighted by atomic mass is 35.5. The lowest BCUT2D eigenvalue weighted by Gasteiger charge is -2.11. The molecule has 0 amide bonds. The summed E-state index contributed by atoms with van der Waals surface area (Å²) in [7, 11) is 1.30. The first kappa shape index (κ1) is 13.2. The molecule has 2 rings (SSSR count). The first-order chi connectivity index (χ1) is 9.11. The summed E-state index contributed by atoms with van der Waals surface area (Å²) in [6, 6.07) is 3.04. The van der Waals surface area contributed by atoms with Crippen LogP contribution >= 0.6 is 11.6 Å². The van der Waals surface area contributed by atoms with E-state index in [-0.39, 0.29) is 5.02 Å². The topological polar surface area (TPSA) is 90.4 Å². The van der Waals surface area contributed by atoms with Gasteiger partial charge < -0.3 is 20.2 Å². The van der Waals surface area contributed by atoms with Gasteiger partial charge in [-0.25, -0.2) is 9.78 Å². The van der Waals surface area contributed by atoms with Crippen molar-refractivity contribution in [1.82, 2.24) is 4.98 Å². The fourth-order valence-corrected chi connectivity index (χ4v) is 1.73. The lowest BCUT2D eigenvalue weighted by molar-refractivity contribution is 0.0601. The van der Waals surface area contributed by atoms with E-state index in [1.807, 2.05) is 0 Å². The normalized spacial score (nSPS) is 10.2. The summed E-state index contributed by atoms with van der Waals surface area (Å²) in [5.41, 5.74) is 7.77. The molecule has 0 fully saturated rings. The number of hydrogen-bond donors (Lipinski definition) is 2. The van der Waals surface area contributed by atoms with Gasteiger partial charge in [0.15, 0.2) is 6.39 Å². The van der Waals surface area contributed by atoms with Crippen molar-refractivity contribution in [2.24, 2.45) is 0 Å². The molecule has 0 aliphatic rings. The zero-order valence-corrected chi connectivity index (χ0v) is 10.9. The van der Waals surface area contributed by atoms with Crippen LogP contribution in [0.15, 0.2) is 29.2 Å². The predicted octanol–water partition coefficient (Wildman–Crippen LogP) is 2.31. The van der Waals surface area contributed by atoms with E-state index < -0.39 is 5.97 Å². The Morgan fingerprint density at radius 1 is 1.58 bits per heavy atom. The van der Waals surface area contributed by atoms with Gasteiger partial charge in [-0.15, -0.1) is 0 Å². The molecule has 0 spiro atoms. The minimum Gasteiger partial charge on any atom is -0.465 e. The second-order valence-corrected chi connectivity index (χ2v) is 4.15. The minimum atomic E-state index is -0.480. The SMILES string of the molecule is COC(=O)c1cc(Cl)c(N)c(NCc2cocn2)c1. The van der Waals surface area contributed by atoms with Crippen molar-refractivity contribution in [3.05, 3.63) is 41.1 Å². The number of esters is 1. The molecular formula is C12H12ClN3O3. The standard InChI is InChI=1S/C12H12ClN3O3/c1-18-12(17)7-2-9(13)11(14)10(3-7)15-4-8-5-19-6-16-8/h2-3,5-6,15H,4,14H2,1H3. The van der Waals surface area contributed by atoms with Crippen LogP contribution in [-0.4, -0.2) is 18.1 Å². The Morgan fingerprint density at radius 3 is 3.00 bits per heavy atom. The fraction of sp³-hybridized carbons (Fsp3) is 0.167. The number of aromatic nitrogens is 1. The number of benzene rings is 1. The van der Waals surface area contributed by atoms with Crippen LogP contribution in [0.1, 0.15) is 16.1 Å². The molecule has 6 nitrogen and oxygen atoms in total. The average Bonchev–Trinajstić information content (AvgIpc) is 2.92. The summed E-state index contributed by atoms with van der Waals surface area (Å²) in [6.07, 6.45) is 2.84. The first-order valence-corrected chi connectivity index (χ1v) is 5.78. The van der Waals surface area contributed by atoms with Crippen LogP contribution in [0, 0.1) is 0 Å². The zero-order valence-electron chi connectivity index (χ0n) is 10.1. The lowest BCUT2D eigenvalue weighted by atomic mass is 10.1. The molecular weight excluding hydrogens is 270 g/mol. The van der Waals surface area contributed by atoms with Crippen molar-refractivity contribution in [2.75, 3.05) is 18.2 Å². The smallest absolute Gasteiger partial charge is 0.337 e. The van der Waals surface area contributed by atoms with Gasteiger partial charge in [-0.1, -0.05) is 11.6 Å². The molecule has 0 saturated carbocycles. The molecule has 100 valence electrons. The van der Waals surface area contributed by atoms with Crippen LogP contribution in [0.2, 0.25) is 5.02 Å². The van der Waals surface area contributed by atoms with Crippen molar-refractivity contribution >= 4 is 28.9 Å². The number of carbonyl (C=O) groups excluding carboxylic acids is 1. The van der Waals surface area contributed by atoms with E-state index in [2.05, 4.69) is 15.0 Å². The molecule has 0 aliphatic heterocycles. The minimum absolute atomic E-state index is 0.283. The van der Waals surface area contributed by atoms with E-state index in [1.54, 1.807) is 6.07 Å². The molecule has 1 aromatic heterocycles. The molecule has 3 N–H and O–H groups in total. The Bertz CT molecular complexity index is 584. The summed E-state index contributed by atoms with van der Waals surface area (Å²) in [6.45, 7) is 0.404. The van der Waals surface area contributed by atoms with Gasteiger partial charge in [0.05, 0.1) is 41.3 Å². The van der Waals surface area contributed by atoms with Gasteiger partial charge in [-0.05, 0) is 12.1 Å². The predicted molar refractivity (Wildman–Crippen MR) is 71.0 cm³/mol. The van der Waals surface area contributed by atoms with E-state index in [0.717, 1.165) is 0 Å². The molecule has 2 aromatic rings. The third-order valence-electron chi connectivity index (χ3n) is 2.49. The Balaban J connectivity index is 2.23. The number of methoxy groups -OCH3 is 1. The number of nitrogens with two attached hydrogens (primary N) is 1. The molecule has 19 heavy (non-hydrogen) atoms. The van der Waals surface area contributed by atoms with Gasteiger partial charge in [0.2, 0.25) is 0 Å². The number of nitrogens with zero attached hydrogens (tertiary/aromatic N) is 1. The van der Waals surface area contributed by atoms with Crippen molar-refractivity contribution in [3.8, 4) is 0 Å². The van der Waals surface area contributed by atoms with E-state index >= 15 is 0 Å². The van der Waals surface area contributed by atoms with Gasteiger partial charge in [0, 0.05) is 0 Å². The van der Waals surface area contributed by atoms with Crippen molar-refractivity contribution in [2.45, 2.75) is 6.54 Å². The summed E-state index contributed by atoms with van der Waals surface area (Å²) in [4.78, 5) is 15.4. The number of oxazole rings is 1. The number of rotatable bonds is 4. The Labute approximate surface area is 114 Å². The second-order valence-electron chi connectivity index (χ2n) is 3.74. The van der Waals surface area contributed by atoms with E-state index in [4.69, 9.17) is 21.8 Å². The molecule has 0 atom stereocenters. The number of halogens is 1. The number of nitrogen functional groups attached to an aromatic ring is 1. The Hall–Kier alpha value is -2.21. The average molecular weight is 282 g/mol. The third-order valence-corrected chi connectivity index (χ3v) is 2.81. The van der Waals surface area contributed by atoms with Gasteiger partial charge in [0.1, 0.15) is 6.26 Å². The van der Waals surface area contributed by atoms with E-state index in [9.17, 15) is 4.79 Å². The fourth-order valence-electron chi connectivity index (χ4n) is 1.51. The molecule has 1 aromatic carbocycles. The molecule has 0 saturated heterocycles. The van der Waals surface area contributed by atoms with E-state index in [0.29, 0.717) is 29.2 Å². The third kappa shape index (κ3) is 2.97. The highest BCUT2D eigenvalue weighted by Crippen LogP contribution is 2.29. The molecule has 0 unspecified atom stereocenters. The maximum atomic E-state index is 11.5. The summed E-state index contributed by atoms with van der Waals surface area (Å²) < 4.78 is 9.50. The van der Waals surface area contributed by atoms with Crippen LogP contribution in [0.3, 0.4) is 0 Å². The maximum absolute atomic E-state index is 11.5. The Morgan fingerprint density at radius 2 is 2.37 bits per heavy atom. The highest BCUT2D eigenvalue weighted by molar-refractivity contribution is 6.34. The van der Waals surface area contributed by atoms with Crippen LogP contribution in [0.4, 0.5) is 11.4 Å². The molecule has 0 aliphatic carbocycles. The second kappa shape index (κ2) is 5.62. The molecule has 0 bridgehead atoms. The van der Waals surface area contributed by atoms with Crippen LogP contribution in [0.5, 0.6) is 0 Å². The monoisotopic (exact) mass is 281 g/mol. The van der Waals surface area contributed by atoms with E-state index in [1.165, 1.54) is 25.8 Å². The highest BCUT2D eigenvalue weighted by Gasteiger charge is 2.12. The molecule has 7 heteroatoms. The number of hydrogen-bond acceptors (Lipinski definition) is 6. The van der Waals surface area contributed by atoms with Crippen LogP contribution in [0.25, 0.3) is 0 Å². The summed E-state index contributed by atoms with van der Waals surface area (Å²) in [5, 5.41) is 3.32. The number of ether oxygens (including phenoxy) is 1. The van der Waals surface area contributed by atoms with Gasteiger partial charge in [-0.2, -0.15) is 0 Å². The summed E-state index contributed by atoms with van der Waals surface area (Å²) in [5.74, 6) is -0.480. The largest absolute Gasteiger partial charge is 0.465 e. The van der Waals surface area contributed by atoms with Gasteiger partial charge in [0.25, 0.3) is 0 Å². The quantitative estimate of drug-likeness (QED) is 0.660. The van der Waals surface area contributed by atoms with Crippen LogP contribution in [-0.2, 0) is 11.3 Å². The van der Waals surface area contributed by atoms with Gasteiger partial charge >= 0.3 is 5.97 Å². The zero-order chi connectivity index (χ0) is 13.8.